The van der Waals surface area contributed by atoms with Crippen LogP contribution in [0.3, 0.4) is 0 Å². The highest BCUT2D eigenvalue weighted by molar-refractivity contribution is 5.80. The van der Waals surface area contributed by atoms with Gasteiger partial charge >= 0.3 is 0 Å². The molecule has 96 valence electrons. The predicted molar refractivity (Wildman–Crippen MR) is 65.4 cm³/mol. The van der Waals surface area contributed by atoms with Crippen LogP contribution in [0.4, 0.5) is 0 Å². The number of aromatic nitrogens is 3. The van der Waals surface area contributed by atoms with E-state index in [1.165, 1.54) is 0 Å². The molecule has 0 saturated heterocycles. The van der Waals surface area contributed by atoms with E-state index >= 15 is 0 Å². The Morgan fingerprint density at radius 3 is 2.71 bits per heavy atom. The maximum Gasteiger partial charge on any atom is 0.245 e. The van der Waals surface area contributed by atoms with Gasteiger partial charge in [0.05, 0.1) is 11.9 Å². The molecule has 0 fully saturated rings. The first kappa shape index (κ1) is 13.6. The van der Waals surface area contributed by atoms with Crippen molar-refractivity contribution in [2.75, 3.05) is 7.05 Å². The highest BCUT2D eigenvalue weighted by atomic mass is 16.2. The van der Waals surface area contributed by atoms with Crippen LogP contribution in [0, 0.1) is 0 Å². The molecule has 0 aromatic carbocycles. The van der Waals surface area contributed by atoms with Gasteiger partial charge < -0.3 is 10.6 Å². The van der Waals surface area contributed by atoms with Gasteiger partial charge in [-0.1, -0.05) is 5.21 Å². The van der Waals surface area contributed by atoms with Gasteiger partial charge in [-0.3, -0.25) is 4.79 Å². The van der Waals surface area contributed by atoms with E-state index in [-0.39, 0.29) is 17.5 Å². The Hall–Kier alpha value is -1.43. The third kappa shape index (κ3) is 4.14. The van der Waals surface area contributed by atoms with E-state index in [1.54, 1.807) is 17.8 Å². The molecule has 6 nitrogen and oxygen atoms in total. The van der Waals surface area contributed by atoms with E-state index in [4.69, 9.17) is 0 Å². The van der Waals surface area contributed by atoms with Crippen molar-refractivity contribution < 1.29 is 4.79 Å². The van der Waals surface area contributed by atoms with Crippen molar-refractivity contribution in [2.45, 2.75) is 45.8 Å². The first-order chi connectivity index (χ1) is 7.83. The van der Waals surface area contributed by atoms with Crippen molar-refractivity contribution in [3.63, 3.8) is 0 Å². The van der Waals surface area contributed by atoms with Crippen molar-refractivity contribution >= 4 is 5.91 Å². The molecule has 1 unspecified atom stereocenters. The summed E-state index contributed by atoms with van der Waals surface area (Å²) < 4.78 is 1.58. The number of hydrogen-bond donors (Lipinski definition) is 2. The number of nitrogens with one attached hydrogen (secondary N) is 2. The van der Waals surface area contributed by atoms with E-state index in [2.05, 4.69) is 20.9 Å². The zero-order valence-electron chi connectivity index (χ0n) is 11.1. The molecule has 0 aliphatic carbocycles. The third-order valence-corrected chi connectivity index (χ3v) is 2.19. The number of hydrogen-bond acceptors (Lipinski definition) is 4. The number of carbonyl (C=O) groups excluding carboxylic acids is 1. The van der Waals surface area contributed by atoms with Gasteiger partial charge in [-0.25, -0.2) is 4.68 Å². The Kier molecular flexibility index (Phi) is 4.22. The van der Waals surface area contributed by atoms with Gasteiger partial charge in [0, 0.05) is 12.1 Å². The van der Waals surface area contributed by atoms with E-state index in [1.807, 2.05) is 27.8 Å². The maximum atomic E-state index is 11.9. The molecule has 0 bridgehead atoms. The molecule has 0 spiro atoms. The van der Waals surface area contributed by atoms with E-state index in [0.717, 1.165) is 5.69 Å². The molecular formula is C11H21N5O. The summed E-state index contributed by atoms with van der Waals surface area (Å²) in [6.45, 7) is 8.30. The second-order valence-electron chi connectivity index (χ2n) is 5.14. The summed E-state index contributed by atoms with van der Waals surface area (Å²) in [6, 6.07) is -0.354. The van der Waals surface area contributed by atoms with Crippen molar-refractivity contribution in [1.82, 2.24) is 25.6 Å². The van der Waals surface area contributed by atoms with E-state index < -0.39 is 0 Å². The van der Waals surface area contributed by atoms with Crippen molar-refractivity contribution in [2.24, 2.45) is 0 Å². The Morgan fingerprint density at radius 1 is 1.53 bits per heavy atom. The molecule has 0 aliphatic heterocycles. The zero-order chi connectivity index (χ0) is 13.1. The fourth-order valence-electron chi connectivity index (χ4n) is 1.36. The molecule has 1 heterocycles. The molecule has 1 amide bonds. The zero-order valence-corrected chi connectivity index (χ0v) is 11.1. The molecule has 6 heteroatoms. The highest BCUT2D eigenvalue weighted by Gasteiger charge is 2.21. The predicted octanol–water partition coefficient (Wildman–Crippen LogP) is 0.473. The van der Waals surface area contributed by atoms with Crippen LogP contribution in [0.15, 0.2) is 6.20 Å². The molecule has 17 heavy (non-hydrogen) atoms. The van der Waals surface area contributed by atoms with Crippen LogP contribution in [0.2, 0.25) is 0 Å². The molecule has 0 saturated carbocycles. The summed E-state index contributed by atoms with van der Waals surface area (Å²) in [6.07, 6.45) is 1.78. The third-order valence-electron chi connectivity index (χ3n) is 2.19. The lowest BCUT2D eigenvalue weighted by molar-refractivity contribution is -0.125. The van der Waals surface area contributed by atoms with Crippen LogP contribution >= 0.6 is 0 Å². The lowest BCUT2D eigenvalue weighted by Crippen LogP contribution is -2.43. The topological polar surface area (TPSA) is 71.8 Å². The Bertz CT molecular complexity index is 379. The Morgan fingerprint density at radius 2 is 2.18 bits per heavy atom. The normalized spacial score (nSPS) is 13.5. The van der Waals surface area contributed by atoms with Crippen molar-refractivity contribution in [3.05, 3.63) is 11.9 Å². The monoisotopic (exact) mass is 239 g/mol. The van der Waals surface area contributed by atoms with Gasteiger partial charge in [-0.2, -0.15) is 0 Å². The van der Waals surface area contributed by atoms with Crippen LogP contribution in [0.25, 0.3) is 0 Å². The second-order valence-corrected chi connectivity index (χ2v) is 5.14. The minimum Gasteiger partial charge on any atom is -0.350 e. The molecule has 1 atom stereocenters. The van der Waals surface area contributed by atoms with Gasteiger partial charge in [-0.05, 0) is 34.7 Å². The first-order valence-corrected chi connectivity index (χ1v) is 5.71. The fraction of sp³-hybridized carbons (Fsp3) is 0.727. The second kappa shape index (κ2) is 5.27. The quantitative estimate of drug-likeness (QED) is 0.801. The van der Waals surface area contributed by atoms with Crippen LogP contribution in [-0.2, 0) is 11.3 Å². The van der Waals surface area contributed by atoms with Gasteiger partial charge in [-0.15, -0.1) is 5.10 Å². The summed E-state index contributed by atoms with van der Waals surface area (Å²) in [5.74, 6) is -0.0570. The molecule has 0 aliphatic rings. The Balaban J connectivity index is 2.68. The maximum absolute atomic E-state index is 11.9. The standard InChI is InChI=1S/C11H21N5O/c1-8(10(17)13-11(2,3)4)16-7-9(6-12-5)14-15-16/h7-8,12H,6H2,1-5H3,(H,13,17). The number of carbonyl (C=O) groups is 1. The first-order valence-electron chi connectivity index (χ1n) is 5.71. The van der Waals surface area contributed by atoms with Crippen LogP contribution in [0.5, 0.6) is 0 Å². The largest absolute Gasteiger partial charge is 0.350 e. The van der Waals surface area contributed by atoms with Gasteiger partial charge in [0.15, 0.2) is 0 Å². The van der Waals surface area contributed by atoms with Crippen LogP contribution in [0.1, 0.15) is 39.4 Å². The fourth-order valence-corrected chi connectivity index (χ4v) is 1.36. The van der Waals surface area contributed by atoms with Gasteiger partial charge in [0.2, 0.25) is 5.91 Å². The SMILES string of the molecule is CNCc1cn(C(C)C(=O)NC(C)(C)C)nn1. The minimum atomic E-state index is -0.354. The van der Waals surface area contributed by atoms with E-state index in [9.17, 15) is 4.79 Å². The Labute approximate surface area is 102 Å². The molecule has 0 radical (unpaired) electrons. The lowest BCUT2D eigenvalue weighted by atomic mass is 10.1. The van der Waals surface area contributed by atoms with Gasteiger partial charge in [0.25, 0.3) is 0 Å². The summed E-state index contributed by atoms with van der Waals surface area (Å²) in [5.41, 5.74) is 0.586. The summed E-state index contributed by atoms with van der Waals surface area (Å²) in [4.78, 5) is 11.9. The molecule has 1 rings (SSSR count). The number of amides is 1. The van der Waals surface area contributed by atoms with Crippen LogP contribution in [-0.4, -0.2) is 33.5 Å². The summed E-state index contributed by atoms with van der Waals surface area (Å²) in [5, 5.41) is 13.8. The van der Waals surface area contributed by atoms with Crippen LogP contribution < -0.4 is 10.6 Å². The molecular weight excluding hydrogens is 218 g/mol. The molecule has 2 N–H and O–H groups in total. The number of rotatable bonds is 4. The minimum absolute atomic E-state index is 0.0570. The van der Waals surface area contributed by atoms with Crippen molar-refractivity contribution in [1.29, 1.82) is 0 Å². The average Bonchev–Trinajstić information content (AvgIpc) is 2.63. The smallest absolute Gasteiger partial charge is 0.245 e. The van der Waals surface area contributed by atoms with Crippen molar-refractivity contribution in [3.8, 4) is 0 Å². The number of nitrogens with zero attached hydrogens (tertiary/aromatic N) is 3. The van der Waals surface area contributed by atoms with E-state index in [0.29, 0.717) is 6.54 Å². The summed E-state index contributed by atoms with van der Waals surface area (Å²) >= 11 is 0. The molecule has 1 aromatic heterocycles. The van der Waals surface area contributed by atoms with Gasteiger partial charge in [0.1, 0.15) is 6.04 Å². The summed E-state index contributed by atoms with van der Waals surface area (Å²) in [7, 11) is 1.84. The molecule has 1 aromatic rings. The highest BCUT2D eigenvalue weighted by Crippen LogP contribution is 2.08. The lowest BCUT2D eigenvalue weighted by Gasteiger charge is -2.23. The average molecular weight is 239 g/mol.